The summed E-state index contributed by atoms with van der Waals surface area (Å²) in [4.78, 5) is 12.2. The van der Waals surface area contributed by atoms with Gasteiger partial charge in [-0.1, -0.05) is 49.7 Å². The first kappa shape index (κ1) is 13.3. The lowest BCUT2D eigenvalue weighted by Crippen LogP contribution is -2.11. The van der Waals surface area contributed by atoms with Gasteiger partial charge in [0.15, 0.2) is 0 Å². The van der Waals surface area contributed by atoms with Crippen molar-refractivity contribution in [1.29, 1.82) is 0 Å². The first-order chi connectivity index (χ1) is 9.22. The average Bonchev–Trinajstić information content (AvgIpc) is 2.41. The summed E-state index contributed by atoms with van der Waals surface area (Å²) in [5.41, 5.74) is 2.63. The molecule has 0 aromatic heterocycles. The second-order valence-electron chi connectivity index (χ2n) is 4.56. The van der Waals surface area contributed by atoms with Gasteiger partial charge in [0.05, 0.1) is 5.56 Å². The number of hydrogen-bond donors (Lipinski definition) is 0. The van der Waals surface area contributed by atoms with Crippen LogP contribution in [0.2, 0.25) is 0 Å². The molecule has 0 saturated carbocycles. The van der Waals surface area contributed by atoms with E-state index < -0.39 is 0 Å². The van der Waals surface area contributed by atoms with E-state index in [9.17, 15) is 4.79 Å². The summed E-state index contributed by atoms with van der Waals surface area (Å²) >= 11 is 0. The third-order valence-electron chi connectivity index (χ3n) is 3.06. The summed E-state index contributed by atoms with van der Waals surface area (Å²) in [7, 11) is 0. The second-order valence-corrected chi connectivity index (χ2v) is 4.56. The molecule has 0 aliphatic carbocycles. The summed E-state index contributed by atoms with van der Waals surface area (Å²) in [6.07, 6.45) is 1.94. The number of carbonyl (C=O) groups excluding carboxylic acids is 1. The zero-order valence-electron chi connectivity index (χ0n) is 11.3. The van der Waals surface area contributed by atoms with E-state index in [4.69, 9.17) is 4.74 Å². The van der Waals surface area contributed by atoms with E-state index in [2.05, 4.69) is 6.92 Å². The molecule has 0 N–H and O–H groups in total. The summed E-state index contributed by atoms with van der Waals surface area (Å²) in [6.45, 7) is 4.02. The molecule has 2 heteroatoms. The fourth-order valence-electron chi connectivity index (χ4n) is 2.04. The van der Waals surface area contributed by atoms with Gasteiger partial charge < -0.3 is 4.74 Å². The maximum absolute atomic E-state index is 12.2. The molecular formula is C17H18O2. The lowest BCUT2D eigenvalue weighted by Gasteiger charge is -2.10. The van der Waals surface area contributed by atoms with Crippen molar-refractivity contribution in [2.75, 3.05) is 0 Å². The Balaban J connectivity index is 2.22. The minimum atomic E-state index is -0.290. The average molecular weight is 254 g/mol. The number of benzene rings is 2. The Kier molecular flexibility index (Phi) is 4.35. The van der Waals surface area contributed by atoms with E-state index in [-0.39, 0.29) is 5.97 Å². The number of carbonyl (C=O) groups is 1. The summed E-state index contributed by atoms with van der Waals surface area (Å²) in [6, 6.07) is 15.2. The molecule has 0 spiro atoms. The van der Waals surface area contributed by atoms with Gasteiger partial charge in [0.2, 0.25) is 0 Å². The molecule has 19 heavy (non-hydrogen) atoms. The van der Waals surface area contributed by atoms with Crippen LogP contribution < -0.4 is 4.74 Å². The third-order valence-corrected chi connectivity index (χ3v) is 3.06. The SMILES string of the molecule is CCCc1ccccc1OC(=O)c1ccccc1C. The normalized spacial score (nSPS) is 10.2. The van der Waals surface area contributed by atoms with Gasteiger partial charge in [-0.2, -0.15) is 0 Å². The fraction of sp³-hybridized carbons (Fsp3) is 0.235. The van der Waals surface area contributed by atoms with Crippen molar-refractivity contribution in [2.24, 2.45) is 0 Å². The van der Waals surface area contributed by atoms with Crippen molar-refractivity contribution < 1.29 is 9.53 Å². The number of aryl methyl sites for hydroxylation is 2. The Morgan fingerprint density at radius 3 is 2.47 bits per heavy atom. The molecule has 0 fully saturated rings. The van der Waals surface area contributed by atoms with Crippen LogP contribution in [-0.4, -0.2) is 5.97 Å². The minimum absolute atomic E-state index is 0.290. The van der Waals surface area contributed by atoms with Crippen LogP contribution in [0.1, 0.15) is 34.8 Å². The van der Waals surface area contributed by atoms with E-state index >= 15 is 0 Å². The molecule has 2 aromatic carbocycles. The molecule has 2 rings (SSSR count). The van der Waals surface area contributed by atoms with Crippen LogP contribution >= 0.6 is 0 Å². The Morgan fingerprint density at radius 1 is 1.05 bits per heavy atom. The Hall–Kier alpha value is -2.09. The van der Waals surface area contributed by atoms with Crippen molar-refractivity contribution in [3.8, 4) is 5.75 Å². The Bertz CT molecular complexity index is 573. The van der Waals surface area contributed by atoms with Crippen molar-refractivity contribution >= 4 is 5.97 Å². The minimum Gasteiger partial charge on any atom is -0.423 e. The number of hydrogen-bond acceptors (Lipinski definition) is 2. The van der Waals surface area contributed by atoms with Crippen LogP contribution in [0.25, 0.3) is 0 Å². The van der Waals surface area contributed by atoms with Crippen LogP contribution in [0, 0.1) is 6.92 Å². The van der Waals surface area contributed by atoms with Gasteiger partial charge in [-0.15, -0.1) is 0 Å². The lowest BCUT2D eigenvalue weighted by molar-refractivity contribution is 0.0732. The molecule has 2 nitrogen and oxygen atoms in total. The standard InChI is InChI=1S/C17H18O2/c1-3-8-14-10-5-7-12-16(14)19-17(18)15-11-6-4-9-13(15)2/h4-7,9-12H,3,8H2,1-2H3. The molecule has 2 aromatic rings. The quantitative estimate of drug-likeness (QED) is 0.604. The van der Waals surface area contributed by atoms with Crippen molar-refractivity contribution in [2.45, 2.75) is 26.7 Å². The van der Waals surface area contributed by atoms with Gasteiger partial charge in [0, 0.05) is 0 Å². The van der Waals surface area contributed by atoms with E-state index in [1.807, 2.05) is 49.4 Å². The fourth-order valence-corrected chi connectivity index (χ4v) is 2.04. The van der Waals surface area contributed by atoms with E-state index in [1.54, 1.807) is 6.07 Å². The number of rotatable bonds is 4. The monoisotopic (exact) mass is 254 g/mol. The molecule has 0 saturated heterocycles. The Morgan fingerprint density at radius 2 is 1.74 bits per heavy atom. The highest BCUT2D eigenvalue weighted by molar-refractivity contribution is 5.92. The molecule has 0 heterocycles. The molecule has 98 valence electrons. The van der Waals surface area contributed by atoms with Crippen molar-refractivity contribution in [3.63, 3.8) is 0 Å². The number of esters is 1. The molecule has 0 aliphatic rings. The van der Waals surface area contributed by atoms with Crippen molar-refractivity contribution in [3.05, 3.63) is 65.2 Å². The first-order valence-corrected chi connectivity index (χ1v) is 6.58. The molecule has 0 aliphatic heterocycles. The van der Waals surface area contributed by atoms with Gasteiger partial charge in [0.1, 0.15) is 5.75 Å². The highest BCUT2D eigenvalue weighted by Crippen LogP contribution is 2.21. The van der Waals surface area contributed by atoms with Crippen LogP contribution in [0.3, 0.4) is 0 Å². The highest BCUT2D eigenvalue weighted by Gasteiger charge is 2.12. The largest absolute Gasteiger partial charge is 0.423 e. The van der Waals surface area contributed by atoms with Crippen LogP contribution in [0.4, 0.5) is 0 Å². The van der Waals surface area contributed by atoms with Crippen LogP contribution in [0.15, 0.2) is 48.5 Å². The summed E-state index contributed by atoms with van der Waals surface area (Å²) in [5.74, 6) is 0.374. The van der Waals surface area contributed by atoms with Crippen LogP contribution in [-0.2, 0) is 6.42 Å². The summed E-state index contributed by atoms with van der Waals surface area (Å²) in [5, 5.41) is 0. The second kappa shape index (κ2) is 6.19. The third kappa shape index (κ3) is 3.22. The first-order valence-electron chi connectivity index (χ1n) is 6.58. The highest BCUT2D eigenvalue weighted by atomic mass is 16.5. The van der Waals surface area contributed by atoms with Crippen molar-refractivity contribution in [1.82, 2.24) is 0 Å². The predicted molar refractivity (Wildman–Crippen MR) is 76.6 cm³/mol. The van der Waals surface area contributed by atoms with Crippen LogP contribution in [0.5, 0.6) is 5.75 Å². The maximum atomic E-state index is 12.2. The topological polar surface area (TPSA) is 26.3 Å². The van der Waals surface area contributed by atoms with E-state index in [1.165, 1.54) is 0 Å². The smallest absolute Gasteiger partial charge is 0.343 e. The zero-order chi connectivity index (χ0) is 13.7. The number of ether oxygens (including phenoxy) is 1. The van der Waals surface area contributed by atoms with Gasteiger partial charge in [-0.3, -0.25) is 0 Å². The van der Waals surface area contributed by atoms with E-state index in [0.717, 1.165) is 24.0 Å². The van der Waals surface area contributed by atoms with Gasteiger partial charge >= 0.3 is 5.97 Å². The molecule has 0 radical (unpaired) electrons. The zero-order valence-corrected chi connectivity index (χ0v) is 11.3. The maximum Gasteiger partial charge on any atom is 0.343 e. The van der Waals surface area contributed by atoms with E-state index in [0.29, 0.717) is 11.3 Å². The van der Waals surface area contributed by atoms with Gasteiger partial charge in [-0.05, 0) is 36.6 Å². The Labute approximate surface area is 114 Å². The van der Waals surface area contributed by atoms with Gasteiger partial charge in [0.25, 0.3) is 0 Å². The lowest BCUT2D eigenvalue weighted by atomic mass is 10.1. The van der Waals surface area contributed by atoms with Gasteiger partial charge in [-0.25, -0.2) is 4.79 Å². The molecule has 0 bridgehead atoms. The molecule has 0 amide bonds. The summed E-state index contributed by atoms with van der Waals surface area (Å²) < 4.78 is 5.53. The molecule has 0 unspecified atom stereocenters. The molecular weight excluding hydrogens is 236 g/mol. The molecule has 0 atom stereocenters. The predicted octanol–water partition coefficient (Wildman–Crippen LogP) is 4.17. The number of para-hydroxylation sites is 1.